The second kappa shape index (κ2) is 7.46. The van der Waals surface area contributed by atoms with E-state index in [1.807, 2.05) is 54.6 Å². The van der Waals surface area contributed by atoms with Crippen LogP contribution in [0.3, 0.4) is 0 Å². The van der Waals surface area contributed by atoms with Crippen molar-refractivity contribution in [2.75, 3.05) is 6.54 Å². The number of hydrogen-bond acceptors (Lipinski definition) is 4. The molecule has 1 amide bonds. The van der Waals surface area contributed by atoms with E-state index in [0.29, 0.717) is 13.1 Å². The fourth-order valence-corrected chi connectivity index (χ4v) is 2.62. The summed E-state index contributed by atoms with van der Waals surface area (Å²) in [4.78, 5) is 11.6. The lowest BCUT2D eigenvalue weighted by Gasteiger charge is -2.28. The number of amides is 1. The second-order valence-corrected chi connectivity index (χ2v) is 5.75. The summed E-state index contributed by atoms with van der Waals surface area (Å²) >= 11 is 6.12. The molecule has 6 heteroatoms. The van der Waals surface area contributed by atoms with E-state index in [2.05, 4.69) is 16.2 Å². The number of benzene rings is 2. The summed E-state index contributed by atoms with van der Waals surface area (Å²) in [6.45, 7) is 1.13. The number of alkyl halides is 1. The minimum atomic E-state index is -0.599. The number of rotatable bonds is 5. The molecule has 2 aromatic carbocycles. The van der Waals surface area contributed by atoms with Crippen LogP contribution < -0.4 is 20.9 Å². The van der Waals surface area contributed by atoms with E-state index in [-0.39, 0.29) is 11.9 Å². The molecule has 2 aromatic rings. The molecule has 1 saturated heterocycles. The highest BCUT2D eigenvalue weighted by Gasteiger charge is 2.29. The van der Waals surface area contributed by atoms with Gasteiger partial charge in [0.1, 0.15) is 16.9 Å². The van der Waals surface area contributed by atoms with Gasteiger partial charge in [-0.3, -0.25) is 10.2 Å². The quantitative estimate of drug-likeness (QED) is 0.735. The van der Waals surface area contributed by atoms with Crippen LogP contribution in [0.1, 0.15) is 5.56 Å². The summed E-state index contributed by atoms with van der Waals surface area (Å²) in [5.41, 5.74) is 6.35. The number of carbonyl (C=O) groups is 1. The van der Waals surface area contributed by atoms with Gasteiger partial charge in [0.05, 0.1) is 0 Å². The Bertz CT molecular complexity index is 666. The molecule has 5 nitrogen and oxygen atoms in total. The van der Waals surface area contributed by atoms with Crippen molar-refractivity contribution >= 4 is 17.5 Å². The highest BCUT2D eigenvalue weighted by Crippen LogP contribution is 2.25. The van der Waals surface area contributed by atoms with Crippen molar-refractivity contribution in [1.82, 2.24) is 16.2 Å². The molecule has 1 fully saturated rings. The first-order valence-corrected chi connectivity index (χ1v) is 7.88. The minimum Gasteiger partial charge on any atom is -0.457 e. The second-order valence-electron chi connectivity index (χ2n) is 5.28. The van der Waals surface area contributed by atoms with Gasteiger partial charge < -0.3 is 10.1 Å². The van der Waals surface area contributed by atoms with E-state index >= 15 is 0 Å². The Kier molecular flexibility index (Phi) is 5.12. The Balaban J connectivity index is 1.67. The number of para-hydroxylation sites is 2. The van der Waals surface area contributed by atoms with Crippen LogP contribution in [0.15, 0.2) is 54.6 Å². The minimum absolute atomic E-state index is 0.143. The maximum Gasteiger partial charge on any atom is 0.253 e. The molecule has 1 aliphatic rings. The summed E-state index contributed by atoms with van der Waals surface area (Å²) in [6.07, 6.45) is 0. The molecular weight excluding hydrogens is 314 g/mol. The Hall–Kier alpha value is -2.08. The number of nitrogens with one attached hydrogen (secondary N) is 3. The number of hydrogen-bond donors (Lipinski definition) is 3. The van der Waals surface area contributed by atoms with Crippen LogP contribution >= 0.6 is 11.6 Å². The molecule has 0 aliphatic carbocycles. The van der Waals surface area contributed by atoms with Gasteiger partial charge >= 0.3 is 0 Å². The largest absolute Gasteiger partial charge is 0.457 e. The summed E-state index contributed by atoms with van der Waals surface area (Å²) in [7, 11) is 0. The summed E-state index contributed by atoms with van der Waals surface area (Å²) in [5, 5.41) is 2.71. The zero-order valence-corrected chi connectivity index (χ0v) is 13.2. The van der Waals surface area contributed by atoms with E-state index in [9.17, 15) is 4.79 Å². The first-order chi connectivity index (χ1) is 11.2. The molecule has 23 heavy (non-hydrogen) atoms. The van der Waals surface area contributed by atoms with Crippen LogP contribution in [0, 0.1) is 0 Å². The molecule has 3 N–H and O–H groups in total. The highest BCUT2D eigenvalue weighted by atomic mass is 35.5. The highest BCUT2D eigenvalue weighted by molar-refractivity contribution is 6.31. The molecule has 1 aliphatic heterocycles. The Morgan fingerprint density at radius 1 is 1.13 bits per heavy atom. The summed E-state index contributed by atoms with van der Waals surface area (Å²) in [6, 6.07) is 17.3. The normalized spacial score (nSPS) is 20.8. The predicted molar refractivity (Wildman–Crippen MR) is 89.4 cm³/mol. The average molecular weight is 332 g/mol. The molecule has 3 rings (SSSR count). The molecule has 0 radical (unpaired) electrons. The summed E-state index contributed by atoms with van der Waals surface area (Å²) in [5.74, 6) is 1.35. The summed E-state index contributed by atoms with van der Waals surface area (Å²) < 4.78 is 5.93. The van der Waals surface area contributed by atoms with Crippen LogP contribution in [0.5, 0.6) is 11.5 Å². The van der Waals surface area contributed by atoms with Gasteiger partial charge in [-0.1, -0.05) is 36.4 Å². The van der Waals surface area contributed by atoms with E-state index in [4.69, 9.17) is 16.3 Å². The smallest absolute Gasteiger partial charge is 0.253 e. The van der Waals surface area contributed by atoms with Crippen LogP contribution in [-0.2, 0) is 11.3 Å². The van der Waals surface area contributed by atoms with Crippen molar-refractivity contribution in [2.24, 2.45) is 0 Å². The number of halogens is 1. The molecule has 2 unspecified atom stereocenters. The Morgan fingerprint density at radius 2 is 1.87 bits per heavy atom. The standard InChI is InChI=1S/C17H18ClN3O2/c18-16-14(11-20-21-17(16)22)19-10-12-6-4-5-9-15(12)23-13-7-2-1-3-8-13/h1-9,14,16,19-20H,10-11H2,(H,21,22). The third kappa shape index (κ3) is 4.01. The van der Waals surface area contributed by atoms with E-state index in [1.165, 1.54) is 0 Å². The SMILES string of the molecule is O=C1NNCC(NCc2ccccc2Oc2ccccc2)C1Cl. The molecular formula is C17H18ClN3O2. The molecule has 0 saturated carbocycles. The molecule has 0 spiro atoms. The average Bonchev–Trinajstić information content (AvgIpc) is 2.58. The van der Waals surface area contributed by atoms with Gasteiger partial charge in [-0.05, 0) is 18.2 Å². The van der Waals surface area contributed by atoms with Gasteiger partial charge in [0, 0.05) is 24.7 Å². The monoisotopic (exact) mass is 331 g/mol. The van der Waals surface area contributed by atoms with Gasteiger partial charge in [0.2, 0.25) is 0 Å². The Morgan fingerprint density at radius 3 is 2.70 bits per heavy atom. The van der Waals surface area contributed by atoms with Gasteiger partial charge in [-0.15, -0.1) is 11.6 Å². The number of ether oxygens (including phenoxy) is 1. The number of carbonyl (C=O) groups excluding carboxylic acids is 1. The number of hydrazine groups is 1. The zero-order valence-electron chi connectivity index (χ0n) is 12.5. The maximum atomic E-state index is 11.6. The van der Waals surface area contributed by atoms with Crippen molar-refractivity contribution in [3.05, 3.63) is 60.2 Å². The zero-order chi connectivity index (χ0) is 16.1. The van der Waals surface area contributed by atoms with Gasteiger partial charge in [-0.25, -0.2) is 5.43 Å². The fraction of sp³-hybridized carbons (Fsp3) is 0.235. The van der Waals surface area contributed by atoms with Crippen LogP contribution in [0.4, 0.5) is 0 Å². The van der Waals surface area contributed by atoms with Gasteiger partial charge in [0.15, 0.2) is 0 Å². The van der Waals surface area contributed by atoms with Crippen molar-refractivity contribution in [1.29, 1.82) is 0 Å². The van der Waals surface area contributed by atoms with Crippen molar-refractivity contribution in [3.8, 4) is 11.5 Å². The lowest BCUT2D eigenvalue weighted by Crippen LogP contribution is -2.60. The predicted octanol–water partition coefficient (Wildman–Crippen LogP) is 2.18. The van der Waals surface area contributed by atoms with Gasteiger partial charge in [0.25, 0.3) is 5.91 Å². The van der Waals surface area contributed by atoms with E-state index in [1.54, 1.807) is 0 Å². The van der Waals surface area contributed by atoms with Gasteiger partial charge in [-0.2, -0.15) is 0 Å². The van der Waals surface area contributed by atoms with Crippen molar-refractivity contribution in [2.45, 2.75) is 18.0 Å². The molecule has 0 aromatic heterocycles. The van der Waals surface area contributed by atoms with Crippen molar-refractivity contribution in [3.63, 3.8) is 0 Å². The lowest BCUT2D eigenvalue weighted by molar-refractivity contribution is -0.123. The topological polar surface area (TPSA) is 62.4 Å². The first-order valence-electron chi connectivity index (χ1n) is 7.45. The Labute approximate surface area is 140 Å². The van der Waals surface area contributed by atoms with E-state index < -0.39 is 5.38 Å². The maximum absolute atomic E-state index is 11.6. The molecule has 0 bridgehead atoms. The van der Waals surface area contributed by atoms with Crippen LogP contribution in [0.25, 0.3) is 0 Å². The van der Waals surface area contributed by atoms with Crippen molar-refractivity contribution < 1.29 is 9.53 Å². The third-order valence-electron chi connectivity index (χ3n) is 3.64. The third-order valence-corrected chi connectivity index (χ3v) is 4.14. The molecule has 120 valence electrons. The van der Waals surface area contributed by atoms with E-state index in [0.717, 1.165) is 17.1 Å². The fourth-order valence-electron chi connectivity index (χ4n) is 2.38. The lowest BCUT2D eigenvalue weighted by atomic mass is 10.1. The molecule has 2 atom stereocenters. The van der Waals surface area contributed by atoms with Crippen LogP contribution in [-0.4, -0.2) is 23.9 Å². The van der Waals surface area contributed by atoms with Crippen LogP contribution in [0.2, 0.25) is 0 Å². The molecule has 1 heterocycles. The first kappa shape index (κ1) is 15.8.